The van der Waals surface area contributed by atoms with Gasteiger partial charge in [0, 0.05) is 0 Å². The van der Waals surface area contributed by atoms with Crippen LogP contribution in [-0.2, 0) is 24.4 Å². The average molecular weight is 270 g/mol. The van der Waals surface area contributed by atoms with Crippen LogP contribution >= 0.6 is 0 Å². The minimum absolute atomic E-state index is 1.08. The van der Waals surface area contributed by atoms with Crippen molar-refractivity contribution in [2.75, 3.05) is 0 Å². The molecule has 0 radical (unpaired) electrons. The van der Waals surface area contributed by atoms with Gasteiger partial charge in [0.2, 0.25) is 0 Å². The molecular formula is C3H9OSiTa. The quantitative estimate of drug-likeness (QED) is 0.653. The Bertz CT molecular complexity index is 40.5. The van der Waals surface area contributed by atoms with Gasteiger partial charge in [-0.05, 0) is 0 Å². The van der Waals surface area contributed by atoms with E-state index in [1.165, 1.54) is 0 Å². The van der Waals surface area contributed by atoms with Crippen LogP contribution in [0.4, 0.5) is 0 Å². The van der Waals surface area contributed by atoms with Gasteiger partial charge in [-0.15, -0.1) is 0 Å². The normalized spacial score (nSPS) is 11.8. The van der Waals surface area contributed by atoms with Crippen LogP contribution in [0.15, 0.2) is 0 Å². The summed E-state index contributed by atoms with van der Waals surface area (Å²) in [7, 11) is -1.08. The van der Waals surface area contributed by atoms with E-state index >= 15 is 0 Å². The third kappa shape index (κ3) is 4.92. The first kappa shape index (κ1) is 6.92. The minimum atomic E-state index is -1.08. The first-order valence-corrected chi connectivity index (χ1v) is 6.61. The fourth-order valence-corrected chi connectivity index (χ4v) is 0. The summed E-state index contributed by atoms with van der Waals surface area (Å²) >= 11 is 1.08. The fraction of sp³-hybridized carbons (Fsp3) is 1.00. The number of rotatable bonds is 1. The average Bonchev–Trinajstić information content (AvgIpc) is 1.35. The third-order valence-electron chi connectivity index (χ3n) is 0.274. The zero-order chi connectivity index (χ0) is 5.21. The summed E-state index contributed by atoms with van der Waals surface area (Å²) in [4.78, 5) is 0. The molecule has 0 aliphatic rings. The molecule has 1 nitrogen and oxygen atoms in total. The Morgan fingerprint density at radius 3 is 1.50 bits per heavy atom. The van der Waals surface area contributed by atoms with E-state index in [4.69, 9.17) is 2.93 Å². The molecule has 0 heterocycles. The predicted molar refractivity (Wildman–Crippen MR) is 24.4 cm³/mol. The van der Waals surface area contributed by atoms with Gasteiger partial charge < -0.3 is 0 Å². The molecule has 0 saturated heterocycles. The van der Waals surface area contributed by atoms with E-state index in [0.29, 0.717) is 0 Å². The van der Waals surface area contributed by atoms with Crippen molar-refractivity contribution < 1.29 is 24.4 Å². The summed E-state index contributed by atoms with van der Waals surface area (Å²) in [6.45, 7) is 6.56. The molecule has 0 rings (SSSR count). The summed E-state index contributed by atoms with van der Waals surface area (Å²) in [6.07, 6.45) is 0. The summed E-state index contributed by atoms with van der Waals surface area (Å²) < 4.78 is 5.19. The Labute approximate surface area is 52.6 Å². The van der Waals surface area contributed by atoms with Gasteiger partial charge in [0.25, 0.3) is 0 Å². The molecule has 0 aromatic carbocycles. The van der Waals surface area contributed by atoms with E-state index in [1.54, 1.807) is 0 Å². The second-order valence-electron chi connectivity index (χ2n) is 2.20. The summed E-state index contributed by atoms with van der Waals surface area (Å²) in [5.41, 5.74) is 0. The van der Waals surface area contributed by atoms with Crippen molar-refractivity contribution in [3.63, 3.8) is 0 Å². The molecule has 0 spiro atoms. The van der Waals surface area contributed by atoms with Crippen LogP contribution in [0.1, 0.15) is 0 Å². The van der Waals surface area contributed by atoms with E-state index in [0.717, 1.165) is 21.5 Å². The van der Waals surface area contributed by atoms with Crippen molar-refractivity contribution in [1.29, 1.82) is 0 Å². The van der Waals surface area contributed by atoms with Crippen LogP contribution in [0.3, 0.4) is 0 Å². The second kappa shape index (κ2) is 2.28. The van der Waals surface area contributed by atoms with E-state index in [1.807, 2.05) is 0 Å². The van der Waals surface area contributed by atoms with Gasteiger partial charge in [0.15, 0.2) is 0 Å². The predicted octanol–water partition coefficient (Wildman–Crippen LogP) is 1.30. The van der Waals surface area contributed by atoms with Crippen molar-refractivity contribution in [3.05, 3.63) is 0 Å². The molecule has 0 aliphatic heterocycles. The molecule has 0 aliphatic carbocycles. The van der Waals surface area contributed by atoms with Crippen LogP contribution in [-0.4, -0.2) is 8.32 Å². The van der Waals surface area contributed by atoms with Crippen molar-refractivity contribution >= 4 is 8.32 Å². The van der Waals surface area contributed by atoms with Crippen LogP contribution in [0.25, 0.3) is 0 Å². The van der Waals surface area contributed by atoms with Crippen molar-refractivity contribution in [2.24, 2.45) is 0 Å². The molecule has 6 heavy (non-hydrogen) atoms. The Morgan fingerprint density at radius 1 is 1.33 bits per heavy atom. The molecule has 3 heteroatoms. The second-order valence-corrected chi connectivity index (χ2v) is 8.58. The van der Waals surface area contributed by atoms with E-state index in [2.05, 4.69) is 19.6 Å². The molecule has 36 valence electrons. The van der Waals surface area contributed by atoms with Crippen LogP contribution in [0.5, 0.6) is 0 Å². The summed E-state index contributed by atoms with van der Waals surface area (Å²) in [6, 6.07) is 0. The van der Waals surface area contributed by atoms with Crippen LogP contribution in [0.2, 0.25) is 19.6 Å². The van der Waals surface area contributed by atoms with Crippen molar-refractivity contribution in [2.45, 2.75) is 19.6 Å². The molecule has 0 bridgehead atoms. The molecule has 0 saturated carbocycles. The topological polar surface area (TPSA) is 9.23 Å². The first-order chi connectivity index (χ1) is 2.56. The van der Waals surface area contributed by atoms with E-state index in [9.17, 15) is 0 Å². The summed E-state index contributed by atoms with van der Waals surface area (Å²) in [5.74, 6) is 0. The Balaban J connectivity index is 3.17. The summed E-state index contributed by atoms with van der Waals surface area (Å²) in [5, 5.41) is 0. The molecule has 0 fully saturated rings. The maximum atomic E-state index is 5.19. The van der Waals surface area contributed by atoms with Gasteiger partial charge in [-0.1, -0.05) is 0 Å². The van der Waals surface area contributed by atoms with Crippen LogP contribution in [0, 0.1) is 0 Å². The van der Waals surface area contributed by atoms with Gasteiger partial charge in [0.1, 0.15) is 0 Å². The van der Waals surface area contributed by atoms with Crippen LogP contribution < -0.4 is 0 Å². The van der Waals surface area contributed by atoms with Gasteiger partial charge in [0.05, 0.1) is 0 Å². The first-order valence-electron chi connectivity index (χ1n) is 1.89. The van der Waals surface area contributed by atoms with Gasteiger partial charge in [-0.3, -0.25) is 0 Å². The van der Waals surface area contributed by atoms with Gasteiger partial charge >= 0.3 is 52.4 Å². The molecule has 0 N–H and O–H groups in total. The fourth-order valence-electron chi connectivity index (χ4n) is 0. The SMILES string of the molecule is C[Si](C)(C)[O][Ta]. The van der Waals surface area contributed by atoms with Gasteiger partial charge in [-0.2, -0.15) is 0 Å². The molecular weight excluding hydrogens is 261 g/mol. The van der Waals surface area contributed by atoms with Crippen molar-refractivity contribution in [1.82, 2.24) is 0 Å². The Kier molecular flexibility index (Phi) is 2.63. The molecule has 0 unspecified atom stereocenters. The van der Waals surface area contributed by atoms with E-state index in [-0.39, 0.29) is 0 Å². The number of hydrogen-bond donors (Lipinski definition) is 0. The van der Waals surface area contributed by atoms with E-state index < -0.39 is 8.32 Å². The van der Waals surface area contributed by atoms with Gasteiger partial charge in [-0.25, -0.2) is 0 Å². The maximum absolute atomic E-state index is 5.19. The number of hydrogen-bond acceptors (Lipinski definition) is 1. The third-order valence-corrected chi connectivity index (χ3v) is 6.72. The molecule has 0 aromatic heterocycles. The Morgan fingerprint density at radius 2 is 1.50 bits per heavy atom. The standard InChI is InChI=1S/C3H9OSi.Ta/c1-5(2,3)4;/h1-3H3;/q-1;+1. The molecule has 0 amide bonds. The monoisotopic (exact) mass is 270 g/mol. The molecule has 0 atom stereocenters. The Hall–Kier alpha value is 0.917. The molecule has 0 aromatic rings. The zero-order valence-electron chi connectivity index (χ0n) is 4.36. The van der Waals surface area contributed by atoms with Crippen molar-refractivity contribution in [3.8, 4) is 0 Å². The zero-order valence-corrected chi connectivity index (χ0v) is 8.57.